The lowest BCUT2D eigenvalue weighted by molar-refractivity contribution is 0.154. The van der Waals surface area contributed by atoms with Crippen molar-refractivity contribution in [1.29, 1.82) is 5.26 Å². The highest BCUT2D eigenvalue weighted by Gasteiger charge is 2.38. The number of nitrogens with zero attached hydrogens (tertiary/aromatic N) is 2. The Bertz CT molecular complexity index is 231. The normalized spacial score (nSPS) is 34.9. The van der Waals surface area contributed by atoms with E-state index in [1.165, 1.54) is 38.6 Å². The van der Waals surface area contributed by atoms with Crippen LogP contribution in [0.15, 0.2) is 0 Å². The van der Waals surface area contributed by atoms with E-state index in [1.807, 2.05) is 0 Å². The van der Waals surface area contributed by atoms with E-state index in [9.17, 15) is 0 Å². The second-order valence-corrected chi connectivity index (χ2v) is 4.69. The molecule has 0 radical (unpaired) electrons. The van der Waals surface area contributed by atoms with Crippen LogP contribution in [-0.4, -0.2) is 23.5 Å². The third-order valence-corrected chi connectivity index (χ3v) is 3.99. The zero-order chi connectivity index (χ0) is 9.97. The van der Waals surface area contributed by atoms with Crippen LogP contribution < -0.4 is 0 Å². The number of hydrogen-bond acceptors (Lipinski definition) is 2. The summed E-state index contributed by atoms with van der Waals surface area (Å²) in [5, 5.41) is 9.09. The molecule has 14 heavy (non-hydrogen) atoms. The quantitative estimate of drug-likeness (QED) is 0.672. The summed E-state index contributed by atoms with van der Waals surface area (Å²) < 4.78 is 0. The fourth-order valence-electron chi connectivity index (χ4n) is 3.23. The summed E-state index contributed by atoms with van der Waals surface area (Å²) in [5.74, 6) is 0.908. The Labute approximate surface area is 86.9 Å². The lowest BCUT2D eigenvalue weighted by Gasteiger charge is -2.33. The Morgan fingerprint density at radius 2 is 2.14 bits per heavy atom. The van der Waals surface area contributed by atoms with Crippen LogP contribution in [0.25, 0.3) is 0 Å². The number of likely N-dealkylation sites (tertiary alicyclic amines) is 1. The molecule has 1 heterocycles. The molecule has 0 bridgehead atoms. The van der Waals surface area contributed by atoms with E-state index >= 15 is 0 Å². The molecular weight excluding hydrogens is 172 g/mol. The maximum absolute atomic E-state index is 9.09. The second-order valence-electron chi connectivity index (χ2n) is 4.69. The minimum atomic E-state index is 0.183. The van der Waals surface area contributed by atoms with Gasteiger partial charge in [-0.25, -0.2) is 0 Å². The van der Waals surface area contributed by atoms with Gasteiger partial charge in [-0.15, -0.1) is 0 Å². The van der Waals surface area contributed by atoms with Crippen molar-refractivity contribution in [3.05, 3.63) is 0 Å². The van der Waals surface area contributed by atoms with Gasteiger partial charge in [-0.05, 0) is 31.6 Å². The SMILES string of the molecule is CCC(C#N)N1CCC2CCCCC21. The molecule has 2 nitrogen and oxygen atoms in total. The summed E-state index contributed by atoms with van der Waals surface area (Å²) in [7, 11) is 0. The molecule has 0 aromatic rings. The first-order valence-electron chi connectivity index (χ1n) is 6.02. The van der Waals surface area contributed by atoms with Crippen molar-refractivity contribution < 1.29 is 0 Å². The van der Waals surface area contributed by atoms with Crippen LogP contribution in [0.3, 0.4) is 0 Å². The third kappa shape index (κ3) is 1.66. The van der Waals surface area contributed by atoms with Crippen molar-refractivity contribution in [3.63, 3.8) is 0 Å². The van der Waals surface area contributed by atoms with E-state index in [1.54, 1.807) is 0 Å². The average molecular weight is 192 g/mol. The molecule has 2 fully saturated rings. The van der Waals surface area contributed by atoms with Crippen molar-refractivity contribution in [2.45, 2.75) is 57.5 Å². The second kappa shape index (κ2) is 4.31. The van der Waals surface area contributed by atoms with Crippen LogP contribution in [-0.2, 0) is 0 Å². The van der Waals surface area contributed by atoms with Crippen LogP contribution in [0.5, 0.6) is 0 Å². The first kappa shape index (κ1) is 9.98. The van der Waals surface area contributed by atoms with Crippen LogP contribution in [0.4, 0.5) is 0 Å². The molecule has 2 aliphatic rings. The number of nitriles is 1. The molecule has 2 rings (SSSR count). The molecule has 0 N–H and O–H groups in total. The van der Waals surface area contributed by atoms with Gasteiger partial charge in [-0.2, -0.15) is 5.26 Å². The minimum Gasteiger partial charge on any atom is -0.285 e. The fourth-order valence-corrected chi connectivity index (χ4v) is 3.23. The van der Waals surface area contributed by atoms with Crippen LogP contribution in [0.1, 0.15) is 45.4 Å². The van der Waals surface area contributed by atoms with Crippen molar-refractivity contribution in [3.8, 4) is 6.07 Å². The Hall–Kier alpha value is -0.550. The number of hydrogen-bond donors (Lipinski definition) is 0. The van der Waals surface area contributed by atoms with E-state index in [0.29, 0.717) is 0 Å². The third-order valence-electron chi connectivity index (χ3n) is 3.99. The lowest BCUT2D eigenvalue weighted by atomic mass is 9.85. The van der Waals surface area contributed by atoms with E-state index in [4.69, 9.17) is 5.26 Å². The summed E-state index contributed by atoms with van der Waals surface area (Å²) in [4.78, 5) is 2.48. The van der Waals surface area contributed by atoms with E-state index in [2.05, 4.69) is 17.9 Å². The minimum absolute atomic E-state index is 0.183. The molecule has 0 aromatic carbocycles. The Morgan fingerprint density at radius 1 is 1.36 bits per heavy atom. The van der Waals surface area contributed by atoms with Gasteiger partial charge < -0.3 is 0 Å². The molecule has 3 atom stereocenters. The highest BCUT2D eigenvalue weighted by molar-refractivity contribution is 4.99. The van der Waals surface area contributed by atoms with Gasteiger partial charge in [0.1, 0.15) is 0 Å². The Morgan fingerprint density at radius 3 is 2.86 bits per heavy atom. The molecule has 78 valence electrons. The van der Waals surface area contributed by atoms with Gasteiger partial charge in [-0.3, -0.25) is 4.90 Å². The van der Waals surface area contributed by atoms with E-state index < -0.39 is 0 Å². The molecule has 3 unspecified atom stereocenters. The summed E-state index contributed by atoms with van der Waals surface area (Å²) in [6.45, 7) is 3.30. The average Bonchev–Trinajstić information content (AvgIpc) is 2.65. The molecular formula is C12H20N2. The van der Waals surface area contributed by atoms with Gasteiger partial charge in [0.2, 0.25) is 0 Å². The maximum Gasteiger partial charge on any atom is 0.0977 e. The van der Waals surface area contributed by atoms with Gasteiger partial charge in [0.15, 0.2) is 0 Å². The predicted molar refractivity (Wildman–Crippen MR) is 56.8 cm³/mol. The van der Waals surface area contributed by atoms with Gasteiger partial charge >= 0.3 is 0 Å². The van der Waals surface area contributed by atoms with Crippen molar-refractivity contribution >= 4 is 0 Å². The number of rotatable bonds is 2. The summed E-state index contributed by atoms with van der Waals surface area (Å²) in [6.07, 6.45) is 7.85. The van der Waals surface area contributed by atoms with Gasteiger partial charge in [-0.1, -0.05) is 19.8 Å². The molecule has 0 amide bonds. The van der Waals surface area contributed by atoms with Gasteiger partial charge in [0, 0.05) is 12.6 Å². The topological polar surface area (TPSA) is 27.0 Å². The number of fused-ring (bicyclic) bond motifs is 1. The molecule has 1 aliphatic carbocycles. The van der Waals surface area contributed by atoms with E-state index in [0.717, 1.165) is 18.4 Å². The lowest BCUT2D eigenvalue weighted by Crippen LogP contribution is -2.41. The molecule has 1 aliphatic heterocycles. The molecule has 0 spiro atoms. The first-order chi connectivity index (χ1) is 6.86. The van der Waals surface area contributed by atoms with Crippen LogP contribution >= 0.6 is 0 Å². The summed E-state index contributed by atoms with van der Waals surface area (Å²) in [5.41, 5.74) is 0. The summed E-state index contributed by atoms with van der Waals surface area (Å²) in [6, 6.07) is 3.38. The largest absolute Gasteiger partial charge is 0.285 e. The molecule has 1 saturated heterocycles. The summed E-state index contributed by atoms with van der Waals surface area (Å²) >= 11 is 0. The van der Waals surface area contributed by atoms with E-state index in [-0.39, 0.29) is 6.04 Å². The Balaban J connectivity index is 2.03. The molecule has 2 heteroatoms. The zero-order valence-electron chi connectivity index (χ0n) is 9.08. The standard InChI is InChI=1S/C12H20N2/c1-2-11(9-13)14-8-7-10-5-3-4-6-12(10)14/h10-12H,2-8H2,1H3. The predicted octanol–water partition coefficient (Wildman–Crippen LogP) is 2.55. The molecule has 1 saturated carbocycles. The van der Waals surface area contributed by atoms with Gasteiger partial charge in [0.25, 0.3) is 0 Å². The van der Waals surface area contributed by atoms with Crippen molar-refractivity contribution in [2.24, 2.45) is 5.92 Å². The zero-order valence-corrected chi connectivity index (χ0v) is 9.08. The first-order valence-corrected chi connectivity index (χ1v) is 6.02. The Kier molecular flexibility index (Phi) is 3.08. The molecule has 0 aromatic heterocycles. The van der Waals surface area contributed by atoms with Crippen LogP contribution in [0.2, 0.25) is 0 Å². The smallest absolute Gasteiger partial charge is 0.0977 e. The fraction of sp³-hybridized carbons (Fsp3) is 0.917. The monoisotopic (exact) mass is 192 g/mol. The van der Waals surface area contributed by atoms with Gasteiger partial charge in [0.05, 0.1) is 12.1 Å². The highest BCUT2D eigenvalue weighted by Crippen LogP contribution is 2.37. The van der Waals surface area contributed by atoms with Crippen LogP contribution in [0, 0.1) is 17.2 Å². The van der Waals surface area contributed by atoms with Crippen molar-refractivity contribution in [2.75, 3.05) is 6.54 Å². The maximum atomic E-state index is 9.09. The van der Waals surface area contributed by atoms with Crippen molar-refractivity contribution in [1.82, 2.24) is 4.90 Å². The highest BCUT2D eigenvalue weighted by atomic mass is 15.2.